The molecule has 0 radical (unpaired) electrons. The van der Waals surface area contributed by atoms with E-state index in [9.17, 15) is 24.2 Å². The van der Waals surface area contributed by atoms with E-state index in [0.717, 1.165) is 4.68 Å². The van der Waals surface area contributed by atoms with E-state index in [1.54, 1.807) is 19.1 Å². The molecule has 1 amide bonds. The molecule has 1 atom stereocenters. The van der Waals surface area contributed by atoms with Gasteiger partial charge in [-0.15, -0.1) is 0 Å². The smallest absolute Gasteiger partial charge is 0.280 e. The Morgan fingerprint density at radius 2 is 1.96 bits per heavy atom. The van der Waals surface area contributed by atoms with Crippen molar-refractivity contribution in [3.8, 4) is 5.75 Å². The van der Waals surface area contributed by atoms with E-state index in [2.05, 4.69) is 5.10 Å². The van der Waals surface area contributed by atoms with Crippen molar-refractivity contribution in [2.24, 2.45) is 0 Å². The van der Waals surface area contributed by atoms with E-state index in [-0.39, 0.29) is 36.6 Å². The molecular weight excluding hydrogens is 367 g/mol. The van der Waals surface area contributed by atoms with Crippen LogP contribution in [0.3, 0.4) is 0 Å². The molecule has 28 heavy (non-hydrogen) atoms. The summed E-state index contributed by atoms with van der Waals surface area (Å²) in [4.78, 5) is 27.2. The molecule has 1 aromatic carbocycles. The summed E-state index contributed by atoms with van der Waals surface area (Å²) in [6, 6.07) is 5.19. The van der Waals surface area contributed by atoms with Gasteiger partial charge in [-0.2, -0.15) is 5.10 Å². The van der Waals surface area contributed by atoms with Gasteiger partial charge in [-0.05, 0) is 24.6 Å². The lowest BCUT2D eigenvalue weighted by Crippen LogP contribution is -2.43. The van der Waals surface area contributed by atoms with Gasteiger partial charge in [-0.25, -0.2) is 9.07 Å². The summed E-state index contributed by atoms with van der Waals surface area (Å²) in [7, 11) is 0. The highest BCUT2D eigenvalue weighted by molar-refractivity contribution is 6.04. The number of benzene rings is 1. The summed E-state index contributed by atoms with van der Waals surface area (Å²) >= 11 is 0. The van der Waals surface area contributed by atoms with Crippen LogP contribution in [0.1, 0.15) is 29.0 Å². The highest BCUT2D eigenvalue weighted by atomic mass is 19.1. The Balaban J connectivity index is 1.88. The fourth-order valence-electron chi connectivity index (χ4n) is 3.68. The number of likely N-dealkylation sites (N-methyl/N-ethyl adjacent to an activating group) is 1. The van der Waals surface area contributed by atoms with E-state index >= 15 is 0 Å². The van der Waals surface area contributed by atoms with Crippen molar-refractivity contribution in [1.29, 1.82) is 0 Å². The van der Waals surface area contributed by atoms with Gasteiger partial charge < -0.3 is 19.7 Å². The Morgan fingerprint density at radius 3 is 2.61 bits per heavy atom. The van der Waals surface area contributed by atoms with Gasteiger partial charge in [0.1, 0.15) is 11.2 Å². The molecule has 3 aromatic rings. The molecule has 2 N–H and O–H groups in total. The number of aliphatic hydroxyl groups excluding tert-OH is 1. The molecule has 9 heteroatoms. The first kappa shape index (κ1) is 18.2. The summed E-state index contributed by atoms with van der Waals surface area (Å²) in [5.74, 6) is -1.19. The predicted octanol–water partition coefficient (Wildman–Crippen LogP) is 1.10. The van der Waals surface area contributed by atoms with Gasteiger partial charge in [-0.3, -0.25) is 9.59 Å². The van der Waals surface area contributed by atoms with Gasteiger partial charge in [0.15, 0.2) is 11.4 Å². The van der Waals surface area contributed by atoms with Crippen molar-refractivity contribution in [1.82, 2.24) is 19.2 Å². The van der Waals surface area contributed by atoms with Gasteiger partial charge in [0.25, 0.3) is 11.5 Å². The molecule has 0 fully saturated rings. The summed E-state index contributed by atoms with van der Waals surface area (Å²) in [5.41, 5.74) is 0.394. The molecule has 146 valence electrons. The Morgan fingerprint density at radius 1 is 1.25 bits per heavy atom. The quantitative estimate of drug-likeness (QED) is 0.699. The summed E-state index contributed by atoms with van der Waals surface area (Å²) in [6.45, 7) is 2.34. The molecule has 0 bridgehead atoms. The Bertz CT molecular complexity index is 1120. The van der Waals surface area contributed by atoms with Crippen LogP contribution in [-0.2, 0) is 6.54 Å². The number of aromatic nitrogens is 3. The van der Waals surface area contributed by atoms with Gasteiger partial charge in [0.05, 0.1) is 30.9 Å². The molecular formula is C19H19FN4O4. The fraction of sp³-hybridized carbons (Fsp3) is 0.316. The first-order valence-corrected chi connectivity index (χ1v) is 8.93. The molecule has 0 spiro atoms. The molecule has 1 aliphatic rings. The van der Waals surface area contributed by atoms with Gasteiger partial charge >= 0.3 is 0 Å². The number of rotatable bonds is 4. The van der Waals surface area contributed by atoms with Crippen molar-refractivity contribution in [3.05, 3.63) is 57.9 Å². The maximum Gasteiger partial charge on any atom is 0.280 e. The lowest BCUT2D eigenvalue weighted by Gasteiger charge is -2.33. The number of hydrogen-bond donors (Lipinski definition) is 2. The summed E-state index contributed by atoms with van der Waals surface area (Å²) < 4.78 is 15.7. The minimum absolute atomic E-state index is 0.0133. The largest absolute Gasteiger partial charge is 0.505 e. The number of carbonyl (C=O) groups excluding carboxylic acids is 1. The van der Waals surface area contributed by atoms with Crippen molar-refractivity contribution in [2.45, 2.75) is 19.5 Å². The Kier molecular flexibility index (Phi) is 4.38. The molecule has 1 unspecified atom stereocenters. The van der Waals surface area contributed by atoms with E-state index in [1.165, 1.54) is 27.8 Å². The van der Waals surface area contributed by atoms with Crippen LogP contribution in [0.25, 0.3) is 10.9 Å². The second-order valence-electron chi connectivity index (χ2n) is 6.74. The molecule has 2 aromatic heterocycles. The topological polar surface area (TPSA) is 101 Å². The van der Waals surface area contributed by atoms with Crippen molar-refractivity contribution in [2.75, 3.05) is 19.7 Å². The lowest BCUT2D eigenvalue weighted by atomic mass is 10.2. The maximum absolute atomic E-state index is 13.1. The fourth-order valence-corrected chi connectivity index (χ4v) is 3.68. The molecule has 8 nitrogen and oxygen atoms in total. The van der Waals surface area contributed by atoms with E-state index in [4.69, 9.17) is 0 Å². The number of fused-ring (bicyclic) bond motifs is 3. The maximum atomic E-state index is 13.1. The Labute approximate surface area is 159 Å². The number of aromatic hydroxyl groups is 1. The second-order valence-corrected chi connectivity index (χ2v) is 6.74. The standard InChI is InChI=1S/C19H19FN4O4/c1-2-22-9-13(10-25)24-14-7-21-23(8-11-3-5-12(20)6-4-11)18(27)15(14)17(26)16(24)19(22)28/h3-7,13,25-26H,2,8-10H2,1H3. The average molecular weight is 386 g/mol. The van der Waals surface area contributed by atoms with Crippen molar-refractivity contribution >= 4 is 16.8 Å². The minimum atomic E-state index is -0.561. The van der Waals surface area contributed by atoms with Gasteiger partial charge in [-0.1, -0.05) is 12.1 Å². The monoisotopic (exact) mass is 386 g/mol. The van der Waals surface area contributed by atoms with Crippen molar-refractivity contribution in [3.63, 3.8) is 0 Å². The first-order valence-electron chi connectivity index (χ1n) is 8.93. The third-order valence-corrected chi connectivity index (χ3v) is 5.11. The zero-order valence-corrected chi connectivity index (χ0v) is 15.2. The number of halogens is 1. The summed E-state index contributed by atoms with van der Waals surface area (Å²) in [5, 5.41) is 24.6. The van der Waals surface area contributed by atoms with E-state index in [1.807, 2.05) is 0 Å². The summed E-state index contributed by atoms with van der Waals surface area (Å²) in [6.07, 6.45) is 1.40. The number of carbonyl (C=O) groups is 1. The van der Waals surface area contributed by atoms with Crippen LogP contribution in [0.4, 0.5) is 4.39 Å². The van der Waals surface area contributed by atoms with Crippen LogP contribution >= 0.6 is 0 Å². The molecule has 0 aliphatic carbocycles. The van der Waals surface area contributed by atoms with Crippen LogP contribution in [-0.4, -0.2) is 55.1 Å². The third kappa shape index (κ3) is 2.66. The number of aliphatic hydroxyl groups is 1. The zero-order valence-electron chi connectivity index (χ0n) is 15.2. The minimum Gasteiger partial charge on any atom is -0.505 e. The molecule has 0 saturated heterocycles. The predicted molar refractivity (Wildman–Crippen MR) is 98.9 cm³/mol. The number of nitrogens with zero attached hydrogens (tertiary/aromatic N) is 4. The van der Waals surface area contributed by atoms with Crippen LogP contribution in [0.15, 0.2) is 35.3 Å². The zero-order chi connectivity index (χ0) is 20.0. The third-order valence-electron chi connectivity index (χ3n) is 5.11. The van der Waals surface area contributed by atoms with Crippen LogP contribution < -0.4 is 5.56 Å². The van der Waals surface area contributed by atoms with E-state index < -0.39 is 23.3 Å². The lowest BCUT2D eigenvalue weighted by molar-refractivity contribution is 0.0638. The SMILES string of the molecule is CCN1CC(CO)n2c(c(O)c3c(=O)n(Cc4ccc(F)cc4)ncc32)C1=O. The molecule has 3 heterocycles. The first-order chi connectivity index (χ1) is 13.5. The molecule has 1 aliphatic heterocycles. The van der Waals surface area contributed by atoms with Crippen LogP contribution in [0, 0.1) is 5.82 Å². The normalized spacial score (nSPS) is 16.6. The van der Waals surface area contributed by atoms with E-state index in [0.29, 0.717) is 17.6 Å². The number of amides is 1. The highest BCUT2D eigenvalue weighted by Crippen LogP contribution is 2.36. The molecule has 4 rings (SSSR count). The van der Waals surface area contributed by atoms with Gasteiger partial charge in [0.2, 0.25) is 0 Å². The average Bonchev–Trinajstić information content (AvgIpc) is 3.00. The van der Waals surface area contributed by atoms with Gasteiger partial charge in [0, 0.05) is 13.1 Å². The second kappa shape index (κ2) is 6.75. The highest BCUT2D eigenvalue weighted by Gasteiger charge is 2.36. The van der Waals surface area contributed by atoms with Crippen molar-refractivity contribution < 1.29 is 19.4 Å². The molecule has 0 saturated carbocycles. The van der Waals surface area contributed by atoms with Crippen LogP contribution in [0.2, 0.25) is 0 Å². The Hall–Kier alpha value is -3.20. The number of hydrogen-bond acceptors (Lipinski definition) is 5. The van der Waals surface area contributed by atoms with Crippen LogP contribution in [0.5, 0.6) is 5.75 Å².